The van der Waals surface area contributed by atoms with E-state index in [9.17, 15) is 9.59 Å². The summed E-state index contributed by atoms with van der Waals surface area (Å²) in [6.07, 6.45) is 6.03. The highest BCUT2D eigenvalue weighted by atomic mass is 16.5. The van der Waals surface area contributed by atoms with Crippen LogP contribution in [0.25, 0.3) is 10.9 Å². The molecule has 10 nitrogen and oxygen atoms in total. The van der Waals surface area contributed by atoms with E-state index in [0.29, 0.717) is 36.3 Å². The molecule has 3 aromatic heterocycles. The van der Waals surface area contributed by atoms with Crippen LogP contribution < -0.4 is 10.1 Å². The largest absolute Gasteiger partial charge is 0.439 e. The second kappa shape index (κ2) is 8.89. The van der Waals surface area contributed by atoms with E-state index in [1.54, 1.807) is 12.3 Å². The standard InChI is InChI=1S/C31H34N6O4.H2/c1-17-12-21-22(15-37(17)28(38)26-30(2,3)31(26,4)5)32-16-33-27(21)40-20-8-9-23-19(13-20)10-11-36(23)29(39)34-25-14-24(41-35-25)18-6-7-18;/h8-11,13-14,16-18,26H,6-7,12,15H2,1-5H3,(H,34,35,39);1H/t17-;/m0./s1. The molecule has 2 aliphatic carbocycles. The molecular weight excluding hydrogens is 520 g/mol. The third-order valence-electron chi connectivity index (χ3n) is 9.74. The Hall–Kier alpha value is -4.21. The molecule has 0 unspecified atom stereocenters. The first-order chi connectivity index (χ1) is 19.5. The maximum Gasteiger partial charge on any atom is 0.331 e. The number of carbonyl (C=O) groups is 2. The van der Waals surface area contributed by atoms with Crippen molar-refractivity contribution < 1.29 is 20.3 Å². The van der Waals surface area contributed by atoms with E-state index in [0.717, 1.165) is 40.8 Å². The van der Waals surface area contributed by atoms with Crippen molar-refractivity contribution in [1.29, 1.82) is 0 Å². The minimum atomic E-state index is -0.319. The molecule has 2 amide bonds. The first-order valence-electron chi connectivity index (χ1n) is 14.2. The van der Waals surface area contributed by atoms with Crippen molar-refractivity contribution in [3.63, 3.8) is 0 Å². The highest BCUT2D eigenvalue weighted by molar-refractivity contribution is 5.98. The molecule has 2 fully saturated rings. The predicted molar refractivity (Wildman–Crippen MR) is 154 cm³/mol. The van der Waals surface area contributed by atoms with E-state index in [2.05, 4.69) is 55.1 Å². The van der Waals surface area contributed by atoms with Crippen LogP contribution in [0.3, 0.4) is 0 Å². The summed E-state index contributed by atoms with van der Waals surface area (Å²) in [5.41, 5.74) is 2.45. The quantitative estimate of drug-likeness (QED) is 0.304. The number of hydrogen-bond acceptors (Lipinski definition) is 7. The number of nitrogens with zero attached hydrogens (tertiary/aromatic N) is 5. The van der Waals surface area contributed by atoms with Gasteiger partial charge in [-0.05, 0) is 61.3 Å². The van der Waals surface area contributed by atoms with Gasteiger partial charge in [0.2, 0.25) is 11.8 Å². The zero-order valence-corrected chi connectivity index (χ0v) is 24.0. The number of anilines is 1. The van der Waals surface area contributed by atoms with Gasteiger partial charge in [-0.1, -0.05) is 32.9 Å². The monoisotopic (exact) mass is 556 g/mol. The van der Waals surface area contributed by atoms with Crippen LogP contribution in [0.15, 0.2) is 47.4 Å². The van der Waals surface area contributed by atoms with Crippen molar-refractivity contribution in [2.45, 2.75) is 72.4 Å². The molecule has 214 valence electrons. The highest BCUT2D eigenvalue weighted by Crippen LogP contribution is 2.69. The van der Waals surface area contributed by atoms with E-state index in [1.807, 2.05) is 29.2 Å². The molecule has 4 heterocycles. The Balaban J connectivity index is 0.00000316. The number of ether oxygens (including phenoxy) is 1. The third kappa shape index (κ3) is 4.19. The molecule has 1 N–H and O–H groups in total. The Morgan fingerprint density at radius 3 is 2.61 bits per heavy atom. The Morgan fingerprint density at radius 2 is 1.88 bits per heavy atom. The van der Waals surface area contributed by atoms with E-state index in [1.165, 1.54) is 10.9 Å². The van der Waals surface area contributed by atoms with E-state index < -0.39 is 0 Å². The van der Waals surface area contributed by atoms with Gasteiger partial charge in [0.05, 0.1) is 17.8 Å². The van der Waals surface area contributed by atoms with Crippen LogP contribution in [0.2, 0.25) is 0 Å². The lowest BCUT2D eigenvalue weighted by Gasteiger charge is -2.35. The summed E-state index contributed by atoms with van der Waals surface area (Å²) in [6, 6.07) is 8.89. The summed E-state index contributed by atoms with van der Waals surface area (Å²) >= 11 is 0. The van der Waals surface area contributed by atoms with Crippen molar-refractivity contribution in [1.82, 2.24) is 24.6 Å². The molecule has 0 radical (unpaired) electrons. The van der Waals surface area contributed by atoms with Gasteiger partial charge in [0.25, 0.3) is 0 Å². The molecule has 4 aromatic rings. The number of benzene rings is 1. The van der Waals surface area contributed by atoms with Gasteiger partial charge in [-0.3, -0.25) is 14.7 Å². The van der Waals surface area contributed by atoms with Gasteiger partial charge >= 0.3 is 6.03 Å². The van der Waals surface area contributed by atoms with Gasteiger partial charge in [0.15, 0.2) is 5.82 Å². The number of nitrogens with one attached hydrogen (secondary N) is 1. The molecule has 1 aliphatic heterocycles. The highest BCUT2D eigenvalue weighted by Gasteiger charge is 2.69. The van der Waals surface area contributed by atoms with E-state index in [-0.39, 0.29) is 36.2 Å². The summed E-state index contributed by atoms with van der Waals surface area (Å²) in [5.74, 6) is 2.96. The Bertz CT molecular complexity index is 1690. The summed E-state index contributed by atoms with van der Waals surface area (Å²) in [4.78, 5) is 37.4. The Kier molecular flexibility index (Phi) is 5.58. The fraction of sp³-hybridized carbons (Fsp3) is 0.452. The first-order valence-corrected chi connectivity index (χ1v) is 14.2. The van der Waals surface area contributed by atoms with E-state index >= 15 is 0 Å². The molecule has 41 heavy (non-hydrogen) atoms. The van der Waals surface area contributed by atoms with Crippen molar-refractivity contribution in [2.75, 3.05) is 5.32 Å². The van der Waals surface area contributed by atoms with Crippen molar-refractivity contribution in [3.8, 4) is 11.6 Å². The molecule has 1 aromatic carbocycles. The van der Waals surface area contributed by atoms with Gasteiger partial charge in [-0.2, -0.15) is 0 Å². The normalized spacial score (nSPS) is 21.0. The Morgan fingerprint density at radius 1 is 1.10 bits per heavy atom. The van der Waals surface area contributed by atoms with Crippen LogP contribution in [0.5, 0.6) is 11.6 Å². The van der Waals surface area contributed by atoms with Crippen molar-refractivity contribution in [2.24, 2.45) is 16.7 Å². The van der Waals surface area contributed by atoms with Crippen molar-refractivity contribution >= 4 is 28.7 Å². The predicted octanol–water partition coefficient (Wildman–Crippen LogP) is 6.37. The van der Waals surface area contributed by atoms with Gasteiger partial charge in [-0.25, -0.2) is 14.8 Å². The van der Waals surface area contributed by atoms with Gasteiger partial charge in [0.1, 0.15) is 17.8 Å². The lowest BCUT2D eigenvalue weighted by Crippen LogP contribution is -2.44. The van der Waals surface area contributed by atoms with Gasteiger partial charge in [-0.15, -0.1) is 0 Å². The molecule has 2 saturated carbocycles. The fourth-order valence-electron chi connectivity index (χ4n) is 6.41. The first kappa shape index (κ1) is 25.7. The maximum absolute atomic E-state index is 13.5. The van der Waals surface area contributed by atoms with Crippen LogP contribution in [0.4, 0.5) is 10.6 Å². The SMILES string of the molecule is C[C@H]1Cc2c(ncnc2Oc2ccc3c(ccn3C(=O)Nc3cc(C4CC4)on3)c2)CN1C(=O)C1C(C)(C)C1(C)C.[HH]. The number of rotatable bonds is 5. The number of fused-ring (bicyclic) bond motifs is 2. The molecular formula is C31H36N6O4. The number of carbonyl (C=O) groups excluding carboxylic acids is 2. The zero-order valence-electron chi connectivity index (χ0n) is 24.0. The van der Waals surface area contributed by atoms with Crippen LogP contribution in [-0.4, -0.2) is 42.6 Å². The van der Waals surface area contributed by atoms with Crippen LogP contribution in [0, 0.1) is 16.7 Å². The van der Waals surface area contributed by atoms with Crippen LogP contribution in [0.1, 0.15) is 71.8 Å². The maximum atomic E-state index is 13.5. The number of aromatic nitrogens is 4. The van der Waals surface area contributed by atoms with Gasteiger partial charge in [0, 0.05) is 42.5 Å². The smallest absolute Gasteiger partial charge is 0.331 e. The topological polar surface area (TPSA) is 115 Å². The molecule has 0 saturated heterocycles. The van der Waals surface area contributed by atoms with Crippen molar-refractivity contribution in [3.05, 3.63) is 59.9 Å². The minimum Gasteiger partial charge on any atom is -0.439 e. The molecule has 0 spiro atoms. The lowest BCUT2D eigenvalue weighted by atomic mass is 9.98. The molecule has 7 rings (SSSR count). The zero-order chi connectivity index (χ0) is 28.7. The number of amides is 2. The fourth-order valence-corrected chi connectivity index (χ4v) is 6.41. The minimum absolute atomic E-state index is 0. The van der Waals surface area contributed by atoms with Gasteiger partial charge < -0.3 is 14.2 Å². The summed E-state index contributed by atoms with van der Waals surface area (Å²) in [7, 11) is 0. The average Bonchev–Trinajstić information content (AvgIpc) is 3.67. The summed E-state index contributed by atoms with van der Waals surface area (Å²) in [6.45, 7) is 11.2. The second-order valence-electron chi connectivity index (χ2n) is 12.8. The van der Waals surface area contributed by atoms with Crippen LogP contribution in [-0.2, 0) is 17.8 Å². The number of hydrogen-bond donors (Lipinski definition) is 1. The molecule has 1 atom stereocenters. The molecule has 0 bridgehead atoms. The average molecular weight is 557 g/mol. The molecule has 3 aliphatic rings. The second-order valence-corrected chi connectivity index (χ2v) is 12.8. The summed E-state index contributed by atoms with van der Waals surface area (Å²) in [5, 5.41) is 7.63. The Labute approximate surface area is 239 Å². The lowest BCUT2D eigenvalue weighted by molar-refractivity contribution is -0.137. The third-order valence-corrected chi connectivity index (χ3v) is 9.74. The summed E-state index contributed by atoms with van der Waals surface area (Å²) < 4.78 is 13.1. The van der Waals surface area contributed by atoms with Crippen LogP contribution >= 0.6 is 0 Å². The molecule has 10 heteroatoms. The van der Waals surface area contributed by atoms with E-state index in [4.69, 9.17) is 9.26 Å².